The van der Waals surface area contributed by atoms with Crippen LogP contribution in [-0.4, -0.2) is 46.1 Å². The van der Waals surface area contributed by atoms with Crippen LogP contribution in [-0.2, 0) is 14.3 Å². The summed E-state index contributed by atoms with van der Waals surface area (Å²) in [4.78, 5) is 41.8. The molecule has 3 N–H and O–H groups in total. The monoisotopic (exact) mass is 543 g/mol. The predicted molar refractivity (Wildman–Crippen MR) is 150 cm³/mol. The van der Waals surface area contributed by atoms with Crippen LogP contribution in [0.1, 0.15) is 57.4 Å². The molecule has 2 unspecified atom stereocenters. The topological polar surface area (TPSA) is 108 Å². The maximum absolute atomic E-state index is 14.0. The number of aromatic hydroxyl groups is 1. The van der Waals surface area contributed by atoms with E-state index < -0.39 is 35.6 Å². The summed E-state index contributed by atoms with van der Waals surface area (Å²) in [5, 5.41) is 16.8. The number of rotatable bonds is 9. The van der Waals surface area contributed by atoms with E-state index in [4.69, 9.17) is 16.3 Å². The molecular formula is C29H38ClN3O5. The van der Waals surface area contributed by atoms with Gasteiger partial charge in [0.05, 0.1) is 10.7 Å². The van der Waals surface area contributed by atoms with Crippen LogP contribution in [0.15, 0.2) is 49.1 Å². The maximum Gasteiger partial charge on any atom is 0.408 e. The Morgan fingerprint density at radius 3 is 2.26 bits per heavy atom. The van der Waals surface area contributed by atoms with Crippen molar-refractivity contribution in [3.63, 3.8) is 0 Å². The first kappa shape index (κ1) is 30.7. The highest BCUT2D eigenvalue weighted by atomic mass is 35.5. The number of nitrogens with one attached hydrogen (secondary N) is 2. The number of amides is 3. The van der Waals surface area contributed by atoms with Crippen molar-refractivity contribution in [2.45, 2.75) is 66.2 Å². The van der Waals surface area contributed by atoms with Gasteiger partial charge < -0.3 is 25.4 Å². The molecule has 0 fully saturated rings. The van der Waals surface area contributed by atoms with E-state index in [1.54, 1.807) is 84.9 Å². The van der Waals surface area contributed by atoms with Gasteiger partial charge >= 0.3 is 6.09 Å². The number of benzene rings is 2. The SMILES string of the molecule is C=CCN(C(=O)C(NC(=O)OC(C)(C)C)C(C)C)C(C(=O)Nc1c(C)cccc1Cl)c1cccc(C)c1O. The van der Waals surface area contributed by atoms with Gasteiger partial charge in [0.2, 0.25) is 5.91 Å². The van der Waals surface area contributed by atoms with Gasteiger partial charge in [0.15, 0.2) is 0 Å². The Balaban J connectivity index is 2.60. The second-order valence-electron chi connectivity index (χ2n) is 10.5. The third-order valence-electron chi connectivity index (χ3n) is 5.81. The van der Waals surface area contributed by atoms with Crippen LogP contribution in [0.25, 0.3) is 0 Å². The predicted octanol–water partition coefficient (Wildman–Crippen LogP) is 5.91. The lowest BCUT2D eigenvalue weighted by atomic mass is 9.97. The molecule has 0 saturated heterocycles. The Labute approximate surface area is 230 Å². The standard InChI is InChI=1S/C29H38ClN3O5/c1-9-16-33(27(36)22(17(2)3)32-28(37)38-29(6,7)8)24(20-14-10-13-19(5)25(20)34)26(35)31-23-18(4)12-11-15-21(23)30/h9-15,17,22,24,34H,1,16H2,2-8H3,(H,31,35)(H,32,37). The third kappa shape index (κ3) is 7.74. The molecule has 0 aliphatic carbocycles. The van der Waals surface area contributed by atoms with Crippen LogP contribution >= 0.6 is 11.6 Å². The molecule has 0 aromatic heterocycles. The van der Waals surface area contributed by atoms with E-state index in [1.807, 2.05) is 0 Å². The zero-order valence-electron chi connectivity index (χ0n) is 23.1. The molecule has 0 bridgehead atoms. The molecule has 2 aromatic rings. The van der Waals surface area contributed by atoms with Gasteiger partial charge in [-0.2, -0.15) is 0 Å². The molecule has 0 heterocycles. The smallest absolute Gasteiger partial charge is 0.408 e. The van der Waals surface area contributed by atoms with Crippen molar-refractivity contribution in [3.05, 3.63) is 70.8 Å². The van der Waals surface area contributed by atoms with Gasteiger partial charge in [-0.15, -0.1) is 6.58 Å². The molecule has 0 radical (unpaired) electrons. The second-order valence-corrected chi connectivity index (χ2v) is 10.9. The number of carbonyl (C=O) groups is 3. The van der Waals surface area contributed by atoms with Crippen LogP contribution in [0.5, 0.6) is 5.75 Å². The summed E-state index contributed by atoms with van der Waals surface area (Å²) in [7, 11) is 0. The van der Waals surface area contributed by atoms with E-state index in [0.717, 1.165) is 5.56 Å². The van der Waals surface area contributed by atoms with Gasteiger partial charge in [-0.3, -0.25) is 9.59 Å². The van der Waals surface area contributed by atoms with Crippen LogP contribution in [0, 0.1) is 19.8 Å². The van der Waals surface area contributed by atoms with Crippen LogP contribution < -0.4 is 10.6 Å². The average molecular weight is 544 g/mol. The van der Waals surface area contributed by atoms with E-state index >= 15 is 0 Å². The van der Waals surface area contributed by atoms with Gasteiger partial charge in [0.1, 0.15) is 23.4 Å². The highest BCUT2D eigenvalue weighted by Crippen LogP contribution is 2.34. The number of hydrogen-bond donors (Lipinski definition) is 3. The van der Waals surface area contributed by atoms with Crippen molar-refractivity contribution in [1.82, 2.24) is 10.2 Å². The minimum atomic E-state index is -1.27. The normalized spacial score (nSPS) is 12.9. The van der Waals surface area contributed by atoms with E-state index in [1.165, 1.54) is 11.0 Å². The molecule has 0 aliphatic rings. The van der Waals surface area contributed by atoms with Crippen molar-refractivity contribution in [1.29, 1.82) is 0 Å². The molecule has 8 nitrogen and oxygen atoms in total. The summed E-state index contributed by atoms with van der Waals surface area (Å²) >= 11 is 6.36. The number of hydrogen-bond acceptors (Lipinski definition) is 5. The summed E-state index contributed by atoms with van der Waals surface area (Å²) in [6, 6.07) is 7.91. The van der Waals surface area contributed by atoms with Gasteiger partial charge in [-0.05, 0) is 57.7 Å². The third-order valence-corrected chi connectivity index (χ3v) is 6.12. The number of aryl methyl sites for hydroxylation is 2. The number of para-hydroxylation sites is 2. The Hall–Kier alpha value is -3.52. The van der Waals surface area contributed by atoms with E-state index in [0.29, 0.717) is 16.3 Å². The first-order chi connectivity index (χ1) is 17.7. The molecule has 2 rings (SSSR count). The number of nitrogens with zero attached hydrogens (tertiary/aromatic N) is 1. The highest BCUT2D eigenvalue weighted by Gasteiger charge is 2.38. The Kier molecular flexibility index (Phi) is 10.4. The van der Waals surface area contributed by atoms with Crippen molar-refractivity contribution in [2.24, 2.45) is 5.92 Å². The lowest BCUT2D eigenvalue weighted by Gasteiger charge is -2.35. The Morgan fingerprint density at radius 1 is 1.11 bits per heavy atom. The van der Waals surface area contributed by atoms with Crippen molar-refractivity contribution < 1.29 is 24.2 Å². The fraction of sp³-hybridized carbons (Fsp3) is 0.414. The highest BCUT2D eigenvalue weighted by molar-refractivity contribution is 6.34. The van der Waals surface area contributed by atoms with E-state index in [2.05, 4.69) is 17.2 Å². The number of halogens is 1. The van der Waals surface area contributed by atoms with E-state index in [-0.39, 0.29) is 23.8 Å². The van der Waals surface area contributed by atoms with Crippen LogP contribution in [0.4, 0.5) is 10.5 Å². The lowest BCUT2D eigenvalue weighted by Crippen LogP contribution is -2.54. The molecule has 206 valence electrons. The van der Waals surface area contributed by atoms with Gasteiger partial charge in [0.25, 0.3) is 5.91 Å². The summed E-state index contributed by atoms with van der Waals surface area (Å²) in [6.07, 6.45) is 0.727. The fourth-order valence-corrected chi connectivity index (χ4v) is 4.19. The van der Waals surface area contributed by atoms with Crippen molar-refractivity contribution in [2.75, 3.05) is 11.9 Å². The molecular weight excluding hydrogens is 506 g/mol. The number of ether oxygens (including phenoxy) is 1. The quantitative estimate of drug-likeness (QED) is 0.341. The second kappa shape index (κ2) is 12.8. The molecule has 2 atom stereocenters. The molecule has 0 saturated carbocycles. The van der Waals surface area contributed by atoms with Crippen molar-refractivity contribution >= 4 is 35.2 Å². The molecule has 9 heteroatoms. The number of phenolic OH excluding ortho intramolecular Hbond substituents is 1. The Bertz CT molecular complexity index is 1170. The zero-order valence-corrected chi connectivity index (χ0v) is 23.8. The summed E-state index contributed by atoms with van der Waals surface area (Å²) in [5.41, 5.74) is 1.12. The number of anilines is 1. The largest absolute Gasteiger partial charge is 0.507 e. The molecule has 0 aliphatic heterocycles. The van der Waals surface area contributed by atoms with Gasteiger partial charge in [0, 0.05) is 12.1 Å². The summed E-state index contributed by atoms with van der Waals surface area (Å²) in [6.45, 7) is 15.9. The minimum absolute atomic E-state index is 0.0367. The van der Waals surface area contributed by atoms with Gasteiger partial charge in [-0.1, -0.05) is 61.9 Å². The first-order valence-electron chi connectivity index (χ1n) is 12.4. The Morgan fingerprint density at radius 2 is 1.71 bits per heavy atom. The van der Waals surface area contributed by atoms with Crippen LogP contribution in [0.2, 0.25) is 5.02 Å². The molecule has 2 aromatic carbocycles. The molecule has 3 amide bonds. The fourth-order valence-electron chi connectivity index (χ4n) is 3.92. The molecule has 38 heavy (non-hydrogen) atoms. The van der Waals surface area contributed by atoms with Gasteiger partial charge in [-0.25, -0.2) is 4.79 Å². The number of carbonyl (C=O) groups excluding carboxylic acids is 3. The van der Waals surface area contributed by atoms with Crippen LogP contribution in [0.3, 0.4) is 0 Å². The first-order valence-corrected chi connectivity index (χ1v) is 12.8. The van der Waals surface area contributed by atoms with E-state index in [9.17, 15) is 19.5 Å². The number of phenols is 1. The molecule has 0 spiro atoms. The maximum atomic E-state index is 14.0. The summed E-state index contributed by atoms with van der Waals surface area (Å²) in [5.74, 6) is -1.59. The lowest BCUT2D eigenvalue weighted by molar-refractivity contribution is -0.141. The van der Waals surface area contributed by atoms with Crippen molar-refractivity contribution in [3.8, 4) is 5.75 Å². The minimum Gasteiger partial charge on any atom is -0.507 e. The number of alkyl carbamates (subject to hydrolysis) is 1. The summed E-state index contributed by atoms with van der Waals surface area (Å²) < 4.78 is 5.37. The average Bonchev–Trinajstić information content (AvgIpc) is 2.80. The zero-order chi connectivity index (χ0) is 28.8.